The van der Waals surface area contributed by atoms with Crippen LogP contribution in [0.3, 0.4) is 0 Å². The molecule has 0 spiro atoms. The zero-order chi connectivity index (χ0) is 8.53. The normalized spacial score (nSPS) is 8.33. The number of amides is 1. The molecule has 1 amide bonds. The fraction of sp³-hybridized carbons (Fsp3) is 0.400. The maximum absolute atomic E-state index is 10.1. The Labute approximate surface area is 95.3 Å². The number of azide groups is 1. The minimum Gasteiger partial charge on any atom is -0.400 e. The third-order valence-corrected chi connectivity index (χ3v) is 0.647. The van der Waals surface area contributed by atoms with Gasteiger partial charge in [0.25, 0.3) is 0 Å². The maximum Gasteiger partial charge on any atom is 0.0978 e. The van der Waals surface area contributed by atoms with Crippen molar-refractivity contribution in [2.24, 2.45) is 10.2 Å². The van der Waals surface area contributed by atoms with E-state index >= 15 is 0 Å². The minimum absolute atomic E-state index is 0. The third-order valence-electron chi connectivity index (χ3n) is 0.647. The quantitative estimate of drug-likeness (QED) is 0.145. The van der Waals surface area contributed by atoms with Crippen LogP contribution in [0.1, 0.15) is 6.42 Å². The smallest absolute Gasteiger partial charge is 0.0978 e. The van der Waals surface area contributed by atoms with Gasteiger partial charge >= 0.3 is 0 Å². The summed E-state index contributed by atoms with van der Waals surface area (Å²) >= 11 is 0. The molecule has 6 nitrogen and oxygen atoms in total. The van der Waals surface area contributed by atoms with Crippen molar-refractivity contribution in [2.75, 3.05) is 6.54 Å². The summed E-state index contributed by atoms with van der Waals surface area (Å²) in [5.41, 5.74) is 9.88. The average Bonchev–Trinajstić information content (AvgIpc) is 1.96. The second-order valence-electron chi connectivity index (χ2n) is 1.51. The molecule has 0 heterocycles. The molecule has 0 bridgehead atoms. The van der Waals surface area contributed by atoms with Gasteiger partial charge in [-0.2, -0.15) is 6.42 Å². The van der Waals surface area contributed by atoms with Crippen LogP contribution in [0.25, 0.3) is 10.4 Å². The Morgan fingerprint density at radius 3 is 2.92 bits per heavy atom. The van der Waals surface area contributed by atoms with Crippen LogP contribution in [0.5, 0.6) is 0 Å². The molecule has 0 rings (SSSR count). The Morgan fingerprint density at radius 2 is 2.42 bits per heavy atom. The van der Waals surface area contributed by atoms with Crippen molar-refractivity contribution >= 4 is 12.1 Å². The van der Waals surface area contributed by atoms with Gasteiger partial charge in [-0.25, -0.2) is 0 Å². The Bertz CT molecular complexity index is 198. The van der Waals surface area contributed by atoms with Crippen LogP contribution < -0.4 is 5.43 Å². The fourth-order valence-electron chi connectivity index (χ4n) is 0.303. The molecule has 0 aliphatic carbocycles. The van der Waals surface area contributed by atoms with Gasteiger partial charge in [0.05, 0.1) is 5.91 Å². The van der Waals surface area contributed by atoms with E-state index in [0.717, 1.165) is 0 Å². The maximum atomic E-state index is 10.1. The molecule has 1 radical (unpaired) electrons. The minimum atomic E-state index is -0.499. The second kappa shape index (κ2) is 10.4. The van der Waals surface area contributed by atoms with E-state index in [1.807, 2.05) is 0 Å². The first-order chi connectivity index (χ1) is 5.27. The molecule has 0 aromatic heterocycles. The van der Waals surface area contributed by atoms with Gasteiger partial charge in [0.2, 0.25) is 0 Å². The zero-order valence-electron chi connectivity index (χ0n) is 6.40. The number of nitrogens with one attached hydrogen (secondary N) is 1. The van der Waals surface area contributed by atoms with Crippen LogP contribution >= 0.6 is 0 Å². The van der Waals surface area contributed by atoms with Crippen molar-refractivity contribution in [3.05, 3.63) is 17.4 Å². The van der Waals surface area contributed by atoms with Crippen LogP contribution in [0.15, 0.2) is 10.2 Å². The first kappa shape index (κ1) is 14.0. The summed E-state index contributed by atoms with van der Waals surface area (Å²) in [6.45, 7) is 3.29. The van der Waals surface area contributed by atoms with Gasteiger partial charge in [0.15, 0.2) is 0 Å². The van der Waals surface area contributed by atoms with Crippen LogP contribution in [0.4, 0.5) is 0 Å². The van der Waals surface area contributed by atoms with Crippen molar-refractivity contribution in [3.63, 3.8) is 0 Å². The van der Waals surface area contributed by atoms with Crippen molar-refractivity contribution < 1.29 is 37.5 Å². The van der Waals surface area contributed by atoms with E-state index in [9.17, 15) is 4.79 Å². The molecule has 63 valence electrons. The first-order valence-corrected chi connectivity index (χ1v) is 2.82. The molecule has 0 atom stereocenters. The van der Waals surface area contributed by atoms with Crippen LogP contribution in [0.2, 0.25) is 0 Å². The van der Waals surface area contributed by atoms with Gasteiger partial charge < -0.3 is 28.5 Å². The molecular weight excluding hydrogens is 235 g/mol. The third kappa shape index (κ3) is 12.1. The number of carbonyl (C=O) groups excluding carboxylic acids is 1. The average molecular weight is 242 g/mol. The first-order valence-electron chi connectivity index (χ1n) is 2.82. The molecule has 0 aliphatic rings. The number of nitrogens with zero attached hydrogens (tertiary/aromatic N) is 4. The molecule has 12 heavy (non-hydrogen) atoms. The number of hydrogen-bond donors (Lipinski definition) is 1. The number of rotatable bonds is 4. The molecular formula is C5H7N5OY-2. The van der Waals surface area contributed by atoms with Gasteiger partial charge in [-0.3, -0.25) is 0 Å². The number of carbonyl (C=O) groups is 1. The summed E-state index contributed by atoms with van der Waals surface area (Å²) in [7, 11) is 0. The number of hydrazone groups is 1. The summed E-state index contributed by atoms with van der Waals surface area (Å²) in [4.78, 5) is 12.6. The van der Waals surface area contributed by atoms with E-state index in [0.29, 0.717) is 6.42 Å². The van der Waals surface area contributed by atoms with E-state index in [1.165, 1.54) is 0 Å². The Balaban J connectivity index is 0. The summed E-state index contributed by atoms with van der Waals surface area (Å²) < 4.78 is 0. The van der Waals surface area contributed by atoms with Crippen molar-refractivity contribution in [1.82, 2.24) is 5.43 Å². The van der Waals surface area contributed by atoms with Crippen molar-refractivity contribution in [3.8, 4) is 0 Å². The summed E-state index contributed by atoms with van der Waals surface area (Å²) in [6, 6.07) is 0. The fourth-order valence-corrected chi connectivity index (χ4v) is 0.303. The largest absolute Gasteiger partial charge is 0.400 e. The Hall–Kier alpha value is -0.576. The summed E-state index contributed by atoms with van der Waals surface area (Å²) in [5, 5.41) is 6.57. The van der Waals surface area contributed by atoms with Gasteiger partial charge in [0, 0.05) is 44.2 Å². The Morgan fingerprint density at radius 1 is 1.75 bits per heavy atom. The van der Waals surface area contributed by atoms with Crippen LogP contribution in [-0.2, 0) is 37.5 Å². The van der Waals surface area contributed by atoms with E-state index in [2.05, 4.69) is 33.7 Å². The van der Waals surface area contributed by atoms with Gasteiger partial charge in [0.1, 0.15) is 0 Å². The second-order valence-corrected chi connectivity index (χ2v) is 1.51. The van der Waals surface area contributed by atoms with Crippen molar-refractivity contribution in [2.45, 2.75) is 6.42 Å². The van der Waals surface area contributed by atoms with Gasteiger partial charge in [-0.05, 0) is 5.53 Å². The topological polar surface area (TPSA) is 90.2 Å². The zero-order valence-corrected chi connectivity index (χ0v) is 9.23. The van der Waals surface area contributed by atoms with E-state index in [1.54, 1.807) is 0 Å². The van der Waals surface area contributed by atoms with Crippen molar-refractivity contribution in [1.29, 1.82) is 0 Å². The molecule has 0 saturated carbocycles. The predicted octanol–water partition coefficient (Wildman–Crippen LogP) is 0.497. The number of hydrogen-bond acceptors (Lipinski definition) is 3. The monoisotopic (exact) mass is 242 g/mol. The van der Waals surface area contributed by atoms with E-state index < -0.39 is 5.91 Å². The molecule has 0 saturated heterocycles. The molecule has 0 aliphatic heterocycles. The Kier molecular flexibility index (Phi) is 12.1. The van der Waals surface area contributed by atoms with Gasteiger partial charge in [-0.15, -0.1) is 0 Å². The molecule has 0 aromatic rings. The van der Waals surface area contributed by atoms with Gasteiger partial charge in [-0.1, -0.05) is 5.11 Å². The molecule has 0 unspecified atom stereocenters. The summed E-state index contributed by atoms with van der Waals surface area (Å²) in [6.07, 6.45) is 2.82. The molecule has 0 aromatic carbocycles. The predicted molar refractivity (Wildman–Crippen MR) is 39.6 cm³/mol. The summed E-state index contributed by atoms with van der Waals surface area (Å²) in [5.74, 6) is -0.499. The molecule has 7 heteroatoms. The standard InChI is InChI=1S/C5H7N5O.Y/c1-5(11)9-7-3-2-4-8-10-6;/h1-2,4H2,(H,9,11);/q-2;. The SMILES string of the molecule is [CH2-]C(=O)NN=[C-]CCN=[N+]=[N-].[Y]. The van der Waals surface area contributed by atoms with E-state index in [-0.39, 0.29) is 39.3 Å². The van der Waals surface area contributed by atoms with Crippen LogP contribution in [0, 0.1) is 6.92 Å². The van der Waals surface area contributed by atoms with Crippen LogP contribution in [-0.4, -0.2) is 18.7 Å². The molecule has 0 fully saturated rings. The van der Waals surface area contributed by atoms with E-state index in [4.69, 9.17) is 5.53 Å². The molecule has 1 N–H and O–H groups in total.